The molecule has 0 aromatic heterocycles. The van der Waals surface area contributed by atoms with E-state index in [1.165, 1.54) is 33.4 Å². The number of halogens is 2. The molecule has 0 radical (unpaired) electrons. The minimum Gasteiger partial charge on any atom is -0.309 e. The van der Waals surface area contributed by atoms with Gasteiger partial charge in [0.2, 0.25) is 0 Å². The van der Waals surface area contributed by atoms with Crippen LogP contribution in [0, 0.1) is 38.0 Å². The van der Waals surface area contributed by atoms with Crippen LogP contribution < -0.4 is 21.2 Å². The van der Waals surface area contributed by atoms with Crippen molar-refractivity contribution in [1.82, 2.24) is 0 Å². The van der Waals surface area contributed by atoms with Crippen molar-refractivity contribution in [2.24, 2.45) is 0 Å². The summed E-state index contributed by atoms with van der Waals surface area (Å²) in [5.74, 6) is 0. The van der Waals surface area contributed by atoms with Crippen LogP contribution in [0.25, 0.3) is 0 Å². The van der Waals surface area contributed by atoms with Crippen molar-refractivity contribution in [1.29, 1.82) is 10.3 Å². The molecule has 0 bridgehead atoms. The molecule has 0 amide bonds. The third-order valence-corrected chi connectivity index (χ3v) is 14.8. The zero-order valence-corrected chi connectivity index (χ0v) is 31.6. The Kier molecular flexibility index (Phi) is 14.3. The van der Waals surface area contributed by atoms with Gasteiger partial charge in [0.15, 0.2) is 0 Å². The Balaban J connectivity index is 0.000000250. The van der Waals surface area contributed by atoms with E-state index in [-0.39, 0.29) is 24.8 Å². The first-order valence-corrected chi connectivity index (χ1v) is 19.7. The van der Waals surface area contributed by atoms with Gasteiger partial charge in [0.05, 0.1) is 0 Å². The Morgan fingerprint density at radius 3 is 0.750 bits per heavy atom. The van der Waals surface area contributed by atoms with Gasteiger partial charge in [-0.05, 0) is 60.0 Å². The lowest BCUT2D eigenvalue weighted by atomic mass is 10.2. The van der Waals surface area contributed by atoms with Crippen molar-refractivity contribution in [2.45, 2.75) is 40.0 Å². The predicted octanol–water partition coefficient (Wildman–Crippen LogP) is 11.3. The lowest BCUT2D eigenvalue weighted by Gasteiger charge is -2.24. The Hall–Kier alpha value is -3.64. The molecule has 0 saturated heterocycles. The van der Waals surface area contributed by atoms with Gasteiger partial charge in [-0.1, -0.05) is 180 Å². The molecule has 0 aliphatic rings. The van der Waals surface area contributed by atoms with Gasteiger partial charge in [0.25, 0.3) is 0 Å². The van der Waals surface area contributed by atoms with Gasteiger partial charge in [0.1, 0.15) is 0 Å². The second-order valence-corrected chi connectivity index (χ2v) is 18.2. The number of benzene rings is 6. The summed E-state index contributed by atoms with van der Waals surface area (Å²) in [5.41, 5.74) is 7.43. The van der Waals surface area contributed by atoms with Crippen LogP contribution in [-0.2, 0) is 12.3 Å². The fourth-order valence-corrected chi connectivity index (χ4v) is 11.1. The van der Waals surface area contributed by atoms with Crippen molar-refractivity contribution < 1.29 is 0 Å². The zero-order valence-electron chi connectivity index (χ0n) is 28.1. The van der Waals surface area contributed by atoms with Crippen molar-refractivity contribution in [3.05, 3.63) is 191 Å². The summed E-state index contributed by atoms with van der Waals surface area (Å²) >= 11 is 0. The maximum Gasteiger partial charge on any atom is 0.0279 e. The first-order valence-electron chi connectivity index (χ1n) is 15.8. The summed E-state index contributed by atoms with van der Waals surface area (Å²) < 4.78 is 0. The topological polar surface area (TPSA) is 47.7 Å². The highest BCUT2D eigenvalue weighted by Gasteiger charge is 2.24. The lowest BCUT2D eigenvalue weighted by Crippen LogP contribution is -2.17. The Morgan fingerprint density at radius 2 is 0.542 bits per heavy atom. The highest BCUT2D eigenvalue weighted by atomic mass is 35.5. The molecule has 0 fully saturated rings. The minimum atomic E-state index is -2.19. The number of rotatable bonds is 8. The smallest absolute Gasteiger partial charge is 0.0279 e. The van der Waals surface area contributed by atoms with E-state index in [1.807, 2.05) is 12.1 Å². The van der Waals surface area contributed by atoms with Crippen molar-refractivity contribution >= 4 is 60.1 Å². The predicted molar refractivity (Wildman–Crippen MR) is 217 cm³/mol. The molecule has 0 aliphatic heterocycles. The highest BCUT2D eigenvalue weighted by molar-refractivity contribution is 7.79. The van der Waals surface area contributed by atoms with E-state index in [9.17, 15) is 10.3 Å². The van der Waals surface area contributed by atoms with Crippen LogP contribution in [0.2, 0.25) is 0 Å². The average Bonchev–Trinajstić information content (AvgIpc) is 3.07. The van der Waals surface area contributed by atoms with Crippen molar-refractivity contribution in [2.75, 3.05) is 0 Å². The van der Waals surface area contributed by atoms with Gasteiger partial charge in [-0.2, -0.15) is 0 Å². The summed E-state index contributed by atoms with van der Waals surface area (Å²) in [5, 5.41) is 23.4. The van der Waals surface area contributed by atoms with Crippen LogP contribution >= 0.6 is 38.9 Å². The third kappa shape index (κ3) is 9.72. The highest BCUT2D eigenvalue weighted by Crippen LogP contribution is 2.48. The van der Waals surface area contributed by atoms with Crippen LogP contribution in [0.4, 0.5) is 0 Å². The van der Waals surface area contributed by atoms with E-state index in [4.69, 9.17) is 0 Å². The van der Waals surface area contributed by atoms with Gasteiger partial charge in [-0.15, -0.1) is 24.8 Å². The quantitative estimate of drug-likeness (QED) is 0.148. The normalized spacial score (nSPS) is 10.9. The SMILES string of the molecule is Cc1ccc(P(=N)(Cc2ccccc2)c2ccc(C)cc2)cc1.Cc1ccc(P(=N)(Cc2ccccc2)c2ccc(C)cc2)cc1.Cl.Cl. The number of aryl methyl sites for hydroxylation is 4. The molecule has 0 atom stereocenters. The molecule has 2 N–H and O–H groups in total. The number of hydrogen-bond donors (Lipinski definition) is 2. The molecular formula is C42H46Cl2N2P2. The van der Waals surface area contributed by atoms with Crippen molar-refractivity contribution in [3.8, 4) is 0 Å². The molecule has 48 heavy (non-hydrogen) atoms. The fourth-order valence-electron chi connectivity index (χ4n) is 5.57. The van der Waals surface area contributed by atoms with Gasteiger partial charge in [-0.3, -0.25) is 0 Å². The second kappa shape index (κ2) is 17.7. The van der Waals surface area contributed by atoms with Crippen molar-refractivity contribution in [3.63, 3.8) is 0 Å². The number of hydrogen-bond acceptors (Lipinski definition) is 2. The average molecular weight is 712 g/mol. The van der Waals surface area contributed by atoms with E-state index in [1.54, 1.807) is 0 Å². The molecule has 2 nitrogen and oxygen atoms in total. The summed E-state index contributed by atoms with van der Waals surface area (Å²) in [6, 6.07) is 54.9. The van der Waals surface area contributed by atoms with Crippen LogP contribution in [0.3, 0.4) is 0 Å². The molecule has 6 aromatic rings. The molecule has 0 unspecified atom stereocenters. The van der Waals surface area contributed by atoms with Gasteiger partial charge in [-0.25, -0.2) is 0 Å². The second-order valence-electron chi connectivity index (χ2n) is 12.2. The molecule has 6 heteroatoms. The van der Waals surface area contributed by atoms with Crippen LogP contribution in [-0.4, -0.2) is 0 Å². The van der Waals surface area contributed by atoms with Crippen LogP contribution in [0.5, 0.6) is 0 Å². The molecule has 0 heterocycles. The summed E-state index contributed by atoms with van der Waals surface area (Å²) in [4.78, 5) is 0. The van der Waals surface area contributed by atoms with E-state index < -0.39 is 14.1 Å². The van der Waals surface area contributed by atoms with E-state index in [0.717, 1.165) is 33.5 Å². The Labute approximate surface area is 300 Å². The molecule has 0 spiro atoms. The summed E-state index contributed by atoms with van der Waals surface area (Å²) in [6.45, 7) is 8.38. The standard InChI is InChI=1S/2C21H22NP.2ClH/c2*1-17-8-12-20(13-9-17)23(22,16-19-6-4-3-5-7-19)21-14-10-18(2)11-15-21;;/h2*3-15,22H,16H2,1-2H3;2*1H. The van der Waals surface area contributed by atoms with E-state index in [0.29, 0.717) is 0 Å². The molecule has 6 aromatic carbocycles. The lowest BCUT2D eigenvalue weighted by molar-refractivity contribution is 1.36. The first kappa shape index (κ1) is 38.8. The summed E-state index contributed by atoms with van der Waals surface area (Å²) in [6.07, 6.45) is 1.56. The molecular weight excluding hydrogens is 665 g/mol. The molecule has 0 aliphatic carbocycles. The fraction of sp³-hybridized carbons (Fsp3) is 0.143. The van der Waals surface area contributed by atoms with Crippen LogP contribution in [0.15, 0.2) is 158 Å². The Bertz CT molecular complexity index is 1700. The van der Waals surface area contributed by atoms with E-state index >= 15 is 0 Å². The number of nitrogens with one attached hydrogen (secondary N) is 2. The first-order chi connectivity index (χ1) is 22.2. The summed E-state index contributed by atoms with van der Waals surface area (Å²) in [7, 11) is -4.37. The largest absolute Gasteiger partial charge is 0.309 e. The van der Waals surface area contributed by atoms with E-state index in [2.05, 4.69) is 173 Å². The van der Waals surface area contributed by atoms with Gasteiger partial charge < -0.3 is 10.3 Å². The van der Waals surface area contributed by atoms with Crippen LogP contribution in [0.1, 0.15) is 33.4 Å². The minimum absolute atomic E-state index is 0. The third-order valence-electron chi connectivity index (χ3n) is 8.42. The molecule has 248 valence electrons. The molecule has 6 rings (SSSR count). The Morgan fingerprint density at radius 1 is 0.333 bits per heavy atom. The van der Waals surface area contributed by atoms with Gasteiger partial charge in [0, 0.05) is 26.4 Å². The zero-order chi connectivity index (χ0) is 32.6. The van der Waals surface area contributed by atoms with Gasteiger partial charge >= 0.3 is 0 Å². The maximum atomic E-state index is 9.39. The maximum absolute atomic E-state index is 9.39. The molecule has 0 saturated carbocycles. The monoisotopic (exact) mass is 710 g/mol.